The van der Waals surface area contributed by atoms with E-state index in [0.717, 1.165) is 11.3 Å². The Hall–Kier alpha value is -2.30. The Balaban J connectivity index is 1.97. The fourth-order valence-electron chi connectivity index (χ4n) is 1.31. The lowest BCUT2D eigenvalue weighted by molar-refractivity contribution is 0.293. The zero-order valence-electron chi connectivity index (χ0n) is 9.46. The molecular weight excluding hydrogens is 218 g/mol. The van der Waals surface area contributed by atoms with E-state index in [9.17, 15) is 0 Å². The molecule has 2 rings (SSSR count). The maximum Gasteiger partial charge on any atom is 0.234 e. The minimum absolute atomic E-state index is 0.345. The van der Waals surface area contributed by atoms with Crippen LogP contribution in [0.15, 0.2) is 36.7 Å². The molecule has 0 saturated carbocycles. The third-order valence-corrected chi connectivity index (χ3v) is 2.18. The van der Waals surface area contributed by atoms with Gasteiger partial charge in [0.2, 0.25) is 5.88 Å². The highest BCUT2D eigenvalue weighted by atomic mass is 16.5. The Labute approximate surface area is 99.2 Å². The molecule has 1 heterocycles. The highest BCUT2D eigenvalue weighted by Gasteiger charge is 1.99. The fourth-order valence-corrected chi connectivity index (χ4v) is 1.31. The highest BCUT2D eigenvalue weighted by Crippen LogP contribution is 2.13. The van der Waals surface area contributed by atoms with Gasteiger partial charge in [0, 0.05) is 0 Å². The molecule has 0 unspecified atom stereocenters. The van der Waals surface area contributed by atoms with E-state index < -0.39 is 0 Å². The van der Waals surface area contributed by atoms with Crippen molar-refractivity contribution in [3.8, 4) is 11.6 Å². The number of hydrogen-bond donors (Lipinski definition) is 1. The van der Waals surface area contributed by atoms with E-state index in [-0.39, 0.29) is 0 Å². The van der Waals surface area contributed by atoms with Gasteiger partial charge in [-0.1, -0.05) is 12.1 Å². The fraction of sp³-hybridized carbons (Fsp3) is 0.167. The molecule has 0 bridgehead atoms. The van der Waals surface area contributed by atoms with Gasteiger partial charge in [-0.25, -0.2) is 0 Å². The lowest BCUT2D eigenvalue weighted by Crippen LogP contribution is -2.00. The number of benzene rings is 1. The van der Waals surface area contributed by atoms with Crippen LogP contribution in [-0.4, -0.2) is 17.1 Å². The smallest absolute Gasteiger partial charge is 0.234 e. The van der Waals surface area contributed by atoms with Crippen molar-refractivity contribution >= 4 is 5.82 Å². The van der Waals surface area contributed by atoms with E-state index >= 15 is 0 Å². The molecule has 0 aliphatic carbocycles. The zero-order chi connectivity index (χ0) is 12.1. The first-order valence-corrected chi connectivity index (χ1v) is 5.11. The van der Waals surface area contributed by atoms with Gasteiger partial charge in [-0.2, -0.15) is 4.98 Å². The SMILES string of the molecule is COc1ccc(COc2cncc(N)n2)cc1. The van der Waals surface area contributed by atoms with Gasteiger partial charge in [-0.05, 0) is 17.7 Å². The summed E-state index contributed by atoms with van der Waals surface area (Å²) in [6.07, 6.45) is 3.00. The van der Waals surface area contributed by atoms with Crippen LogP contribution in [0.4, 0.5) is 5.82 Å². The maximum absolute atomic E-state index is 5.50. The first-order valence-electron chi connectivity index (χ1n) is 5.11. The predicted molar refractivity (Wildman–Crippen MR) is 63.8 cm³/mol. The minimum Gasteiger partial charge on any atom is -0.497 e. The minimum atomic E-state index is 0.345. The van der Waals surface area contributed by atoms with E-state index in [0.29, 0.717) is 18.3 Å². The van der Waals surface area contributed by atoms with Crippen LogP contribution in [0.1, 0.15) is 5.56 Å². The Morgan fingerprint density at radius 3 is 2.59 bits per heavy atom. The highest BCUT2D eigenvalue weighted by molar-refractivity contribution is 5.28. The van der Waals surface area contributed by atoms with E-state index in [1.807, 2.05) is 24.3 Å². The number of rotatable bonds is 4. The van der Waals surface area contributed by atoms with Crippen molar-refractivity contribution in [1.82, 2.24) is 9.97 Å². The van der Waals surface area contributed by atoms with Gasteiger partial charge in [0.25, 0.3) is 0 Å². The number of nitrogens with two attached hydrogens (primary N) is 1. The molecule has 0 aliphatic rings. The molecular formula is C12H13N3O2. The van der Waals surface area contributed by atoms with Crippen molar-refractivity contribution in [2.45, 2.75) is 6.61 Å². The van der Waals surface area contributed by atoms with E-state index in [2.05, 4.69) is 9.97 Å². The summed E-state index contributed by atoms with van der Waals surface area (Å²) < 4.78 is 10.5. The Morgan fingerprint density at radius 2 is 1.94 bits per heavy atom. The predicted octanol–water partition coefficient (Wildman–Crippen LogP) is 1.65. The van der Waals surface area contributed by atoms with Crippen molar-refractivity contribution < 1.29 is 9.47 Å². The van der Waals surface area contributed by atoms with E-state index in [1.54, 1.807) is 7.11 Å². The van der Waals surface area contributed by atoms with Crippen LogP contribution < -0.4 is 15.2 Å². The van der Waals surface area contributed by atoms with Crippen LogP contribution in [0.2, 0.25) is 0 Å². The van der Waals surface area contributed by atoms with Gasteiger partial charge >= 0.3 is 0 Å². The van der Waals surface area contributed by atoms with E-state index in [1.165, 1.54) is 12.4 Å². The van der Waals surface area contributed by atoms with Gasteiger partial charge in [-0.3, -0.25) is 4.98 Å². The van der Waals surface area contributed by atoms with Crippen LogP contribution in [-0.2, 0) is 6.61 Å². The second-order valence-electron chi connectivity index (χ2n) is 3.42. The quantitative estimate of drug-likeness (QED) is 0.866. The molecule has 2 N–H and O–H groups in total. The Morgan fingerprint density at radius 1 is 1.18 bits per heavy atom. The lowest BCUT2D eigenvalue weighted by Gasteiger charge is -2.06. The number of aromatic nitrogens is 2. The average molecular weight is 231 g/mol. The van der Waals surface area contributed by atoms with Crippen LogP contribution >= 0.6 is 0 Å². The summed E-state index contributed by atoms with van der Waals surface area (Å²) in [6.45, 7) is 0.419. The molecule has 0 saturated heterocycles. The maximum atomic E-state index is 5.50. The van der Waals surface area contributed by atoms with Crippen molar-refractivity contribution in [3.05, 3.63) is 42.2 Å². The molecule has 0 spiro atoms. The van der Waals surface area contributed by atoms with Gasteiger partial charge in [0.05, 0.1) is 19.5 Å². The molecule has 0 fully saturated rings. The third kappa shape index (κ3) is 3.07. The second-order valence-corrected chi connectivity index (χ2v) is 3.42. The van der Waals surface area contributed by atoms with Crippen LogP contribution in [0, 0.1) is 0 Å². The van der Waals surface area contributed by atoms with Gasteiger partial charge in [-0.15, -0.1) is 0 Å². The molecule has 2 aromatic rings. The summed E-state index contributed by atoms with van der Waals surface area (Å²) in [7, 11) is 1.63. The molecule has 0 atom stereocenters. The summed E-state index contributed by atoms with van der Waals surface area (Å²) >= 11 is 0. The summed E-state index contributed by atoms with van der Waals surface area (Å²) in [5, 5.41) is 0. The normalized spacial score (nSPS) is 9.94. The molecule has 5 nitrogen and oxygen atoms in total. The molecule has 0 aliphatic heterocycles. The van der Waals surface area contributed by atoms with Crippen molar-refractivity contribution in [1.29, 1.82) is 0 Å². The van der Waals surface area contributed by atoms with Gasteiger partial charge in [0.15, 0.2) is 0 Å². The molecule has 0 radical (unpaired) electrons. The summed E-state index contributed by atoms with van der Waals surface area (Å²) in [4.78, 5) is 7.88. The number of methoxy groups -OCH3 is 1. The molecule has 17 heavy (non-hydrogen) atoms. The summed E-state index contributed by atoms with van der Waals surface area (Å²) in [6, 6.07) is 7.62. The monoisotopic (exact) mass is 231 g/mol. The molecule has 1 aromatic carbocycles. The van der Waals surface area contributed by atoms with Crippen molar-refractivity contribution in [2.24, 2.45) is 0 Å². The van der Waals surface area contributed by atoms with Crippen LogP contribution in [0.25, 0.3) is 0 Å². The molecule has 5 heteroatoms. The Bertz CT molecular complexity index is 485. The van der Waals surface area contributed by atoms with E-state index in [4.69, 9.17) is 15.2 Å². The standard InChI is InChI=1S/C12H13N3O2/c1-16-10-4-2-9(3-5-10)8-17-12-7-14-6-11(13)15-12/h2-7H,8H2,1H3,(H2,13,15). The number of nitrogen functional groups attached to an aromatic ring is 1. The number of nitrogens with zero attached hydrogens (tertiary/aromatic N) is 2. The second kappa shape index (κ2) is 5.16. The van der Waals surface area contributed by atoms with Gasteiger partial charge in [0.1, 0.15) is 18.2 Å². The lowest BCUT2D eigenvalue weighted by atomic mass is 10.2. The Kier molecular flexibility index (Phi) is 3.40. The molecule has 1 aromatic heterocycles. The molecule has 0 amide bonds. The summed E-state index contributed by atoms with van der Waals surface area (Å²) in [5.41, 5.74) is 6.52. The van der Waals surface area contributed by atoms with Crippen LogP contribution in [0.5, 0.6) is 11.6 Å². The van der Waals surface area contributed by atoms with Gasteiger partial charge < -0.3 is 15.2 Å². The first kappa shape index (κ1) is 11.2. The number of hydrogen-bond acceptors (Lipinski definition) is 5. The summed E-state index contributed by atoms with van der Waals surface area (Å²) in [5.74, 6) is 1.58. The van der Waals surface area contributed by atoms with Crippen LogP contribution in [0.3, 0.4) is 0 Å². The first-order chi connectivity index (χ1) is 8.28. The average Bonchev–Trinajstić information content (AvgIpc) is 2.37. The third-order valence-electron chi connectivity index (χ3n) is 2.18. The topological polar surface area (TPSA) is 70.3 Å². The number of ether oxygens (including phenoxy) is 2. The van der Waals surface area contributed by atoms with Crippen molar-refractivity contribution in [2.75, 3.05) is 12.8 Å². The molecule has 88 valence electrons. The number of anilines is 1. The van der Waals surface area contributed by atoms with Crippen molar-refractivity contribution in [3.63, 3.8) is 0 Å². The zero-order valence-corrected chi connectivity index (χ0v) is 9.46. The largest absolute Gasteiger partial charge is 0.497 e.